The molecule has 1 aliphatic rings. The predicted molar refractivity (Wildman–Crippen MR) is 99.5 cm³/mol. The molecule has 26 heavy (non-hydrogen) atoms. The molecule has 0 bridgehead atoms. The second kappa shape index (κ2) is 9.33. The summed E-state index contributed by atoms with van der Waals surface area (Å²) in [6, 6.07) is 5.20. The summed E-state index contributed by atoms with van der Waals surface area (Å²) in [5.74, 6) is -0.879. The number of hydrogen-bond acceptors (Lipinski definition) is 6. The van der Waals surface area contributed by atoms with Crippen LogP contribution in [0, 0.1) is 12.8 Å². The summed E-state index contributed by atoms with van der Waals surface area (Å²) in [5.41, 5.74) is 2.48. The molecule has 0 aromatic heterocycles. The van der Waals surface area contributed by atoms with Gasteiger partial charge in [0.1, 0.15) is 5.78 Å². The highest BCUT2D eigenvalue weighted by atomic mass is 35.5. The van der Waals surface area contributed by atoms with Crippen LogP contribution in [0.2, 0.25) is 5.02 Å². The van der Waals surface area contributed by atoms with E-state index in [2.05, 4.69) is 15.6 Å². The number of hydrogen-bond donors (Lipinski definition) is 3. The predicted octanol–water partition coefficient (Wildman–Crippen LogP) is 3.79. The van der Waals surface area contributed by atoms with E-state index in [1.165, 1.54) is 0 Å². The second-order valence-electron chi connectivity index (χ2n) is 6.34. The number of amides is 1. The Morgan fingerprint density at radius 1 is 1.23 bits per heavy atom. The third-order valence-electron chi connectivity index (χ3n) is 4.46. The molecule has 2 rings (SSSR count). The van der Waals surface area contributed by atoms with Crippen LogP contribution < -0.4 is 5.32 Å². The summed E-state index contributed by atoms with van der Waals surface area (Å²) in [6.45, 7) is 1.85. The second-order valence-corrected chi connectivity index (χ2v) is 6.78. The van der Waals surface area contributed by atoms with Gasteiger partial charge in [-0.2, -0.15) is 0 Å². The Kier molecular flexibility index (Phi) is 7.15. The van der Waals surface area contributed by atoms with Crippen LogP contribution in [-0.2, 0) is 9.59 Å². The number of nitrogens with one attached hydrogen (secondary N) is 1. The van der Waals surface area contributed by atoms with E-state index < -0.39 is 5.92 Å². The van der Waals surface area contributed by atoms with Crippen molar-refractivity contribution in [2.24, 2.45) is 16.2 Å². The summed E-state index contributed by atoms with van der Waals surface area (Å²) in [5, 5.41) is 27.7. The summed E-state index contributed by atoms with van der Waals surface area (Å²) in [6.07, 6.45) is 1.90. The Morgan fingerprint density at radius 3 is 2.65 bits per heavy atom. The van der Waals surface area contributed by atoms with Crippen LogP contribution in [0.5, 0.6) is 0 Å². The van der Waals surface area contributed by atoms with Crippen molar-refractivity contribution in [3.8, 4) is 0 Å². The first-order chi connectivity index (χ1) is 12.4. The summed E-state index contributed by atoms with van der Waals surface area (Å²) < 4.78 is 0. The van der Waals surface area contributed by atoms with Gasteiger partial charge in [-0.15, -0.1) is 0 Å². The van der Waals surface area contributed by atoms with E-state index in [0.717, 1.165) is 5.56 Å². The first-order valence-electron chi connectivity index (χ1n) is 8.44. The summed E-state index contributed by atoms with van der Waals surface area (Å²) in [4.78, 5) is 24.4. The molecule has 0 aliphatic heterocycles. The molecule has 3 N–H and O–H groups in total. The number of anilines is 1. The lowest BCUT2D eigenvalue weighted by Gasteiger charge is -2.22. The van der Waals surface area contributed by atoms with Crippen molar-refractivity contribution in [1.29, 1.82) is 0 Å². The van der Waals surface area contributed by atoms with Gasteiger partial charge in [-0.1, -0.05) is 21.9 Å². The summed E-state index contributed by atoms with van der Waals surface area (Å²) >= 11 is 5.89. The van der Waals surface area contributed by atoms with Crippen LogP contribution >= 0.6 is 11.6 Å². The molecule has 1 saturated carbocycles. The maximum atomic E-state index is 12.4. The van der Waals surface area contributed by atoms with E-state index in [1.54, 1.807) is 18.2 Å². The fourth-order valence-electron chi connectivity index (χ4n) is 2.99. The normalized spacial score (nSPS) is 20.3. The number of carbonyl (C=O) groups excluding carboxylic acids is 2. The van der Waals surface area contributed by atoms with Gasteiger partial charge in [-0.05, 0) is 49.9 Å². The van der Waals surface area contributed by atoms with Crippen molar-refractivity contribution in [1.82, 2.24) is 0 Å². The molecule has 140 valence electrons. The zero-order valence-corrected chi connectivity index (χ0v) is 15.3. The van der Waals surface area contributed by atoms with Crippen molar-refractivity contribution >= 4 is 40.4 Å². The summed E-state index contributed by atoms with van der Waals surface area (Å²) in [7, 11) is 0. The van der Waals surface area contributed by atoms with Crippen molar-refractivity contribution in [3.63, 3.8) is 0 Å². The van der Waals surface area contributed by atoms with Crippen LogP contribution in [0.15, 0.2) is 28.5 Å². The van der Waals surface area contributed by atoms with Gasteiger partial charge in [0, 0.05) is 30.0 Å². The lowest BCUT2D eigenvalue weighted by Crippen LogP contribution is -2.31. The largest absolute Gasteiger partial charge is 0.411 e. The van der Waals surface area contributed by atoms with Gasteiger partial charge in [0.05, 0.1) is 17.3 Å². The maximum absolute atomic E-state index is 12.4. The van der Waals surface area contributed by atoms with Crippen LogP contribution in [0.4, 0.5) is 5.69 Å². The maximum Gasteiger partial charge on any atom is 0.224 e. The molecule has 1 aliphatic carbocycles. The van der Waals surface area contributed by atoms with E-state index in [0.29, 0.717) is 41.4 Å². The molecule has 8 heteroatoms. The number of nitrogens with zero attached hydrogens (tertiary/aromatic N) is 2. The molecule has 1 fully saturated rings. The lowest BCUT2D eigenvalue weighted by atomic mass is 9.82. The molecule has 1 unspecified atom stereocenters. The highest BCUT2D eigenvalue weighted by Gasteiger charge is 2.30. The Morgan fingerprint density at radius 2 is 2.00 bits per heavy atom. The highest BCUT2D eigenvalue weighted by Crippen LogP contribution is 2.23. The zero-order chi connectivity index (χ0) is 19.1. The number of oxime groups is 2. The molecule has 1 aromatic rings. The zero-order valence-electron chi connectivity index (χ0n) is 14.5. The Bertz CT molecular complexity index is 746. The monoisotopic (exact) mass is 379 g/mol. The van der Waals surface area contributed by atoms with Crippen molar-refractivity contribution in [2.45, 2.75) is 45.4 Å². The third kappa shape index (κ3) is 5.29. The van der Waals surface area contributed by atoms with Crippen molar-refractivity contribution in [2.75, 3.05) is 5.32 Å². The SMILES string of the molecule is Cc1cc(Cl)ccc1NC(=O)CCCC(=O)C1CC(=NO)CCC1=NO. The minimum absolute atomic E-state index is 0.117. The van der Waals surface area contributed by atoms with Gasteiger partial charge >= 0.3 is 0 Å². The molecule has 7 nitrogen and oxygen atoms in total. The number of aryl methyl sites for hydroxylation is 1. The van der Waals surface area contributed by atoms with Crippen molar-refractivity contribution < 1.29 is 20.0 Å². The molecule has 1 atom stereocenters. The minimum atomic E-state index is -0.582. The highest BCUT2D eigenvalue weighted by molar-refractivity contribution is 6.30. The van der Waals surface area contributed by atoms with Crippen LogP contribution in [0.25, 0.3) is 0 Å². The van der Waals surface area contributed by atoms with E-state index >= 15 is 0 Å². The molecular formula is C18H22ClN3O4. The Labute approximate surface area is 156 Å². The van der Waals surface area contributed by atoms with Crippen LogP contribution in [0.1, 0.15) is 44.1 Å². The first kappa shape index (κ1) is 19.9. The van der Waals surface area contributed by atoms with Gasteiger partial charge < -0.3 is 15.7 Å². The lowest BCUT2D eigenvalue weighted by molar-refractivity contribution is -0.121. The molecule has 0 spiro atoms. The van der Waals surface area contributed by atoms with E-state index in [9.17, 15) is 9.59 Å². The third-order valence-corrected chi connectivity index (χ3v) is 4.69. The van der Waals surface area contributed by atoms with Gasteiger partial charge in [0.15, 0.2) is 0 Å². The van der Waals surface area contributed by atoms with Gasteiger partial charge in [0.2, 0.25) is 5.91 Å². The molecule has 0 heterocycles. The number of carbonyl (C=O) groups is 2. The van der Waals surface area contributed by atoms with E-state index in [-0.39, 0.29) is 31.0 Å². The van der Waals surface area contributed by atoms with Gasteiger partial charge in [0.25, 0.3) is 0 Å². The molecule has 0 saturated heterocycles. The minimum Gasteiger partial charge on any atom is -0.411 e. The fraction of sp³-hybridized carbons (Fsp3) is 0.444. The molecule has 1 aromatic carbocycles. The average Bonchev–Trinajstić information content (AvgIpc) is 2.63. The smallest absolute Gasteiger partial charge is 0.224 e. The van der Waals surface area contributed by atoms with Crippen LogP contribution in [-0.4, -0.2) is 33.5 Å². The van der Waals surface area contributed by atoms with E-state index in [1.807, 2.05) is 6.92 Å². The average molecular weight is 380 g/mol. The topological polar surface area (TPSA) is 111 Å². The fourth-order valence-corrected chi connectivity index (χ4v) is 3.22. The van der Waals surface area contributed by atoms with Gasteiger partial charge in [-0.3, -0.25) is 9.59 Å². The standard InChI is InChI=1S/C18H22ClN3O4/c1-11-9-12(19)5-7-15(11)20-18(24)4-2-3-17(23)14-10-13(21-25)6-8-16(14)22-26/h5,7,9,14,25-26H,2-4,6,8,10H2,1H3,(H,20,24). The Hall–Kier alpha value is -2.41. The molecule has 1 amide bonds. The van der Waals surface area contributed by atoms with E-state index in [4.69, 9.17) is 22.0 Å². The number of halogens is 1. The van der Waals surface area contributed by atoms with Gasteiger partial charge in [-0.25, -0.2) is 0 Å². The number of benzene rings is 1. The first-order valence-corrected chi connectivity index (χ1v) is 8.81. The molecule has 0 radical (unpaired) electrons. The Balaban J connectivity index is 1.84. The number of rotatable bonds is 6. The number of ketones is 1. The number of Topliss-reactive ketones (excluding diaryl/α,β-unsaturated/α-hetero) is 1. The van der Waals surface area contributed by atoms with Crippen LogP contribution in [0.3, 0.4) is 0 Å². The van der Waals surface area contributed by atoms with Crippen molar-refractivity contribution in [3.05, 3.63) is 28.8 Å². The molecular weight excluding hydrogens is 358 g/mol. The quantitative estimate of drug-likeness (QED) is 0.515.